The standard InChI is InChI=1S/C24H18Cl2N2O3S/c1-14(29)27-16-8-11-21(20(26)12-16)28-24(30)23-19(18-4-2-3-5-22(18)31-23)13-32-17-9-6-15(25)7-10-17/h2-12H,13H2,1H3,(H,27,29)(H,28,30). The van der Waals surface area contributed by atoms with E-state index in [1.54, 1.807) is 30.0 Å². The number of hydrogen-bond donors (Lipinski definition) is 2. The lowest BCUT2D eigenvalue weighted by Crippen LogP contribution is -2.13. The first kappa shape index (κ1) is 22.3. The van der Waals surface area contributed by atoms with Crippen LogP contribution >= 0.6 is 35.0 Å². The fraction of sp³-hybridized carbons (Fsp3) is 0.0833. The largest absolute Gasteiger partial charge is 0.451 e. The highest BCUT2D eigenvalue weighted by molar-refractivity contribution is 7.98. The highest BCUT2D eigenvalue weighted by atomic mass is 35.5. The number of carbonyl (C=O) groups is 2. The van der Waals surface area contributed by atoms with Crippen LogP contribution in [0, 0.1) is 0 Å². The molecule has 5 nitrogen and oxygen atoms in total. The van der Waals surface area contributed by atoms with E-state index in [4.69, 9.17) is 27.6 Å². The van der Waals surface area contributed by atoms with Gasteiger partial charge in [0.25, 0.3) is 5.91 Å². The molecular formula is C24H18Cl2N2O3S. The Bertz CT molecular complexity index is 1300. The average molecular weight is 485 g/mol. The summed E-state index contributed by atoms with van der Waals surface area (Å²) in [4.78, 5) is 25.4. The number of carbonyl (C=O) groups excluding carboxylic acids is 2. The first-order valence-electron chi connectivity index (χ1n) is 9.68. The SMILES string of the molecule is CC(=O)Nc1ccc(NC(=O)c2oc3ccccc3c2CSc2ccc(Cl)cc2)c(Cl)c1. The average Bonchev–Trinajstić information content (AvgIpc) is 3.13. The minimum Gasteiger partial charge on any atom is -0.451 e. The summed E-state index contributed by atoms with van der Waals surface area (Å²) in [5.41, 5.74) is 2.40. The number of furan rings is 1. The van der Waals surface area contributed by atoms with Crippen molar-refractivity contribution in [1.29, 1.82) is 0 Å². The van der Waals surface area contributed by atoms with Gasteiger partial charge in [0, 0.05) is 39.2 Å². The monoisotopic (exact) mass is 484 g/mol. The topological polar surface area (TPSA) is 71.3 Å². The van der Waals surface area contributed by atoms with E-state index in [1.807, 2.05) is 48.5 Å². The normalized spacial score (nSPS) is 10.8. The molecule has 4 aromatic rings. The number of hydrogen-bond acceptors (Lipinski definition) is 4. The molecule has 8 heteroatoms. The molecule has 0 saturated heterocycles. The summed E-state index contributed by atoms with van der Waals surface area (Å²) in [7, 11) is 0. The van der Waals surface area contributed by atoms with Crippen molar-refractivity contribution >= 4 is 69.1 Å². The molecule has 0 aliphatic rings. The minimum absolute atomic E-state index is 0.206. The number of fused-ring (bicyclic) bond motifs is 1. The number of rotatable bonds is 6. The summed E-state index contributed by atoms with van der Waals surface area (Å²) in [6, 6.07) is 19.9. The van der Waals surface area contributed by atoms with Gasteiger partial charge in [0.15, 0.2) is 5.76 Å². The summed E-state index contributed by atoms with van der Waals surface area (Å²) < 4.78 is 5.91. The Hall–Kier alpha value is -2.93. The van der Waals surface area contributed by atoms with E-state index in [0.29, 0.717) is 32.8 Å². The number of benzene rings is 3. The molecular weight excluding hydrogens is 467 g/mol. The summed E-state index contributed by atoms with van der Waals surface area (Å²) >= 11 is 13.9. The van der Waals surface area contributed by atoms with Crippen LogP contribution in [0.2, 0.25) is 10.0 Å². The third kappa shape index (κ3) is 5.10. The summed E-state index contributed by atoms with van der Waals surface area (Å²) in [5, 5.41) is 7.32. The van der Waals surface area contributed by atoms with Crippen molar-refractivity contribution in [3.8, 4) is 0 Å². The van der Waals surface area contributed by atoms with Crippen molar-refractivity contribution in [2.45, 2.75) is 17.6 Å². The van der Waals surface area contributed by atoms with Crippen LogP contribution in [0.1, 0.15) is 23.0 Å². The van der Waals surface area contributed by atoms with Crippen LogP contribution in [0.15, 0.2) is 76.0 Å². The van der Waals surface area contributed by atoms with Gasteiger partial charge in [-0.1, -0.05) is 41.4 Å². The van der Waals surface area contributed by atoms with Crippen molar-refractivity contribution in [1.82, 2.24) is 0 Å². The quantitative estimate of drug-likeness (QED) is 0.283. The van der Waals surface area contributed by atoms with E-state index in [-0.39, 0.29) is 11.7 Å². The van der Waals surface area contributed by atoms with Gasteiger partial charge in [-0.05, 0) is 48.5 Å². The van der Waals surface area contributed by atoms with Crippen LogP contribution in [0.3, 0.4) is 0 Å². The summed E-state index contributed by atoms with van der Waals surface area (Å²) in [6.07, 6.45) is 0. The Balaban J connectivity index is 1.60. The van der Waals surface area contributed by atoms with Gasteiger partial charge in [-0.3, -0.25) is 9.59 Å². The number of thioether (sulfide) groups is 1. The van der Waals surface area contributed by atoms with Gasteiger partial charge >= 0.3 is 0 Å². The number of nitrogens with one attached hydrogen (secondary N) is 2. The van der Waals surface area contributed by atoms with Crippen molar-refractivity contribution in [3.05, 3.63) is 88.1 Å². The van der Waals surface area contributed by atoms with Crippen molar-refractivity contribution < 1.29 is 14.0 Å². The molecule has 0 radical (unpaired) electrons. The Morgan fingerprint density at radius 2 is 1.72 bits per heavy atom. The fourth-order valence-corrected chi connectivity index (χ4v) is 4.47. The number of anilines is 2. The Labute approximate surface area is 199 Å². The Morgan fingerprint density at radius 1 is 0.969 bits per heavy atom. The second-order valence-electron chi connectivity index (χ2n) is 6.98. The Kier molecular flexibility index (Phi) is 6.74. The molecule has 0 atom stereocenters. The second-order valence-corrected chi connectivity index (χ2v) is 8.87. The molecule has 0 saturated carbocycles. The maximum atomic E-state index is 13.1. The molecule has 2 amide bonds. The van der Waals surface area contributed by atoms with Gasteiger partial charge in [0.1, 0.15) is 5.58 Å². The van der Waals surface area contributed by atoms with Crippen LogP contribution in [-0.4, -0.2) is 11.8 Å². The van der Waals surface area contributed by atoms with E-state index < -0.39 is 5.91 Å². The van der Waals surface area contributed by atoms with Crippen LogP contribution < -0.4 is 10.6 Å². The lowest BCUT2D eigenvalue weighted by Gasteiger charge is -2.09. The molecule has 0 spiro atoms. The predicted molar refractivity (Wildman–Crippen MR) is 131 cm³/mol. The minimum atomic E-state index is -0.401. The van der Waals surface area contributed by atoms with E-state index >= 15 is 0 Å². The smallest absolute Gasteiger partial charge is 0.291 e. The number of amides is 2. The molecule has 1 heterocycles. The zero-order valence-corrected chi connectivity index (χ0v) is 19.3. The molecule has 2 N–H and O–H groups in total. The van der Waals surface area contributed by atoms with E-state index in [2.05, 4.69) is 10.6 Å². The molecule has 0 bridgehead atoms. The van der Waals surface area contributed by atoms with Crippen molar-refractivity contribution in [2.24, 2.45) is 0 Å². The molecule has 4 rings (SSSR count). The van der Waals surface area contributed by atoms with E-state index in [1.165, 1.54) is 6.92 Å². The molecule has 162 valence electrons. The zero-order valence-electron chi connectivity index (χ0n) is 16.9. The second kappa shape index (κ2) is 9.69. The summed E-state index contributed by atoms with van der Waals surface area (Å²) in [6.45, 7) is 1.41. The first-order chi connectivity index (χ1) is 15.4. The number of halogens is 2. The Morgan fingerprint density at radius 3 is 2.44 bits per heavy atom. The third-order valence-corrected chi connectivity index (χ3v) is 6.24. The van der Waals surface area contributed by atoms with Crippen LogP contribution in [0.25, 0.3) is 11.0 Å². The van der Waals surface area contributed by atoms with E-state index in [9.17, 15) is 9.59 Å². The predicted octanol–water partition coefficient (Wildman–Crippen LogP) is 7.24. The maximum Gasteiger partial charge on any atom is 0.291 e. The molecule has 0 aliphatic carbocycles. The molecule has 32 heavy (non-hydrogen) atoms. The number of para-hydroxylation sites is 1. The molecule has 0 unspecified atom stereocenters. The van der Waals surface area contributed by atoms with Gasteiger partial charge < -0.3 is 15.1 Å². The first-order valence-corrected chi connectivity index (χ1v) is 11.4. The van der Waals surface area contributed by atoms with Crippen LogP contribution in [-0.2, 0) is 10.5 Å². The molecule has 0 aliphatic heterocycles. The molecule has 0 fully saturated rings. The zero-order chi connectivity index (χ0) is 22.7. The van der Waals surface area contributed by atoms with Gasteiger partial charge in [0.2, 0.25) is 5.91 Å². The van der Waals surface area contributed by atoms with Crippen molar-refractivity contribution in [2.75, 3.05) is 10.6 Å². The maximum absolute atomic E-state index is 13.1. The van der Waals surface area contributed by atoms with Gasteiger partial charge in [-0.15, -0.1) is 11.8 Å². The van der Waals surface area contributed by atoms with Crippen LogP contribution in [0.5, 0.6) is 0 Å². The van der Waals surface area contributed by atoms with E-state index in [0.717, 1.165) is 15.8 Å². The van der Waals surface area contributed by atoms with Crippen molar-refractivity contribution in [3.63, 3.8) is 0 Å². The third-order valence-electron chi connectivity index (χ3n) is 4.64. The highest BCUT2D eigenvalue weighted by Crippen LogP contribution is 2.33. The molecule has 3 aromatic carbocycles. The fourth-order valence-electron chi connectivity index (χ4n) is 3.19. The summed E-state index contributed by atoms with van der Waals surface area (Å²) in [5.74, 6) is 0.163. The lowest BCUT2D eigenvalue weighted by atomic mass is 10.1. The van der Waals surface area contributed by atoms with Crippen LogP contribution in [0.4, 0.5) is 11.4 Å². The highest BCUT2D eigenvalue weighted by Gasteiger charge is 2.21. The molecule has 1 aromatic heterocycles. The van der Waals surface area contributed by atoms with Gasteiger partial charge in [-0.25, -0.2) is 0 Å². The van der Waals surface area contributed by atoms with Gasteiger partial charge in [-0.2, -0.15) is 0 Å². The van der Waals surface area contributed by atoms with Gasteiger partial charge in [0.05, 0.1) is 10.7 Å². The lowest BCUT2D eigenvalue weighted by molar-refractivity contribution is -0.114.